The highest BCUT2D eigenvalue weighted by atomic mass is 35.5. The highest BCUT2D eigenvalue weighted by Gasteiger charge is 2.48. The van der Waals surface area contributed by atoms with Crippen LogP contribution in [-0.4, -0.2) is 74.8 Å². The monoisotopic (exact) mass is 636 g/mol. The van der Waals surface area contributed by atoms with Crippen molar-refractivity contribution in [1.82, 2.24) is 9.21 Å². The van der Waals surface area contributed by atoms with Gasteiger partial charge in [-0.1, -0.05) is 34.3 Å². The molecule has 1 aliphatic carbocycles. The molecule has 0 spiro atoms. The Balaban J connectivity index is 0.000000490. The molecule has 220 valence electrons. The van der Waals surface area contributed by atoms with Gasteiger partial charge in [-0.3, -0.25) is 18.7 Å². The molecule has 5 rings (SSSR count). The second kappa shape index (κ2) is 13.2. The van der Waals surface area contributed by atoms with E-state index in [0.29, 0.717) is 32.0 Å². The average molecular weight is 638 g/mol. The number of hydrogen-bond donors (Lipinski definition) is 2. The number of sulfonamides is 1. The number of carbonyl (C=O) groups excluding carboxylic acids is 1. The number of amides is 1. The molecule has 3 fully saturated rings. The maximum atomic E-state index is 14.5. The van der Waals surface area contributed by atoms with Crippen molar-refractivity contribution in [3.8, 4) is 0 Å². The first-order valence-electron chi connectivity index (χ1n) is 12.1. The van der Waals surface area contributed by atoms with Crippen molar-refractivity contribution in [3.63, 3.8) is 0 Å². The lowest BCUT2D eigenvalue weighted by atomic mass is 9.98. The molecule has 0 aromatic heterocycles. The summed E-state index contributed by atoms with van der Waals surface area (Å²) in [5, 5.41) is 7.96. The fourth-order valence-electron chi connectivity index (χ4n) is 4.96. The Kier molecular flexibility index (Phi) is 10.7. The number of carbonyl (C=O) groups is 2. The molecule has 3 aliphatic rings. The zero-order valence-electron chi connectivity index (χ0n) is 21.7. The minimum absolute atomic E-state index is 0.0374. The van der Waals surface area contributed by atoms with E-state index in [2.05, 4.69) is 4.90 Å². The van der Waals surface area contributed by atoms with E-state index in [1.165, 1.54) is 28.6 Å². The van der Waals surface area contributed by atoms with Gasteiger partial charge < -0.3 is 15.4 Å². The normalized spacial score (nSPS) is 21.1. The van der Waals surface area contributed by atoms with Gasteiger partial charge in [-0.05, 0) is 72.9 Å². The van der Waals surface area contributed by atoms with Gasteiger partial charge in [-0.15, -0.1) is 0 Å². The third kappa shape index (κ3) is 8.21. The van der Waals surface area contributed by atoms with Gasteiger partial charge in [0.25, 0.3) is 11.9 Å². The molecule has 2 aliphatic heterocycles. The Morgan fingerprint density at radius 1 is 1.12 bits per heavy atom. The molecule has 2 aromatic carbocycles. The van der Waals surface area contributed by atoms with Gasteiger partial charge in [0.1, 0.15) is 5.82 Å². The Morgan fingerprint density at radius 3 is 2.12 bits per heavy atom. The molecule has 40 heavy (non-hydrogen) atoms. The average Bonchev–Trinajstić information content (AvgIpc) is 3.45. The van der Waals surface area contributed by atoms with Crippen molar-refractivity contribution in [1.29, 1.82) is 0 Å². The quantitative estimate of drug-likeness (QED) is 0.456. The number of rotatable bonds is 6. The number of hydrogen-bond acceptors (Lipinski definition) is 7. The molecular formula is C25H29Cl2FN3O7S2-. The van der Waals surface area contributed by atoms with Gasteiger partial charge in [-0.2, -0.15) is 4.31 Å². The van der Waals surface area contributed by atoms with Crippen LogP contribution in [0.3, 0.4) is 0 Å². The SMILES string of the molecule is CC(=O)O.CS(=O)[O-].NC(=O)c1cc(C2CC2)c(CN2C[C@@H]3C[C@H]2CN3S(=O)(=O)c2cc(Cl)cc(Cl)c2)cc1F. The Hall–Kier alpha value is -2.13. The fourth-order valence-corrected chi connectivity index (χ4v) is 7.36. The van der Waals surface area contributed by atoms with Crippen molar-refractivity contribution in [2.75, 3.05) is 19.3 Å². The van der Waals surface area contributed by atoms with E-state index < -0.39 is 38.8 Å². The summed E-state index contributed by atoms with van der Waals surface area (Å²) in [6.45, 7) is 2.51. The molecule has 3 N–H and O–H groups in total. The predicted octanol–water partition coefficient (Wildman–Crippen LogP) is 3.34. The second-order valence-corrected chi connectivity index (χ2v) is 13.3. The maximum Gasteiger partial charge on any atom is 0.300 e. The largest absolute Gasteiger partial charge is 0.773 e. The standard InChI is InChI=1S/C22H22Cl2FN3O3S.C2H4O2.CH4O2S/c23-14-4-15(24)6-18(5-14)32(30,31)28-11-16-7-17(28)10-27(16)9-13-3-21(25)20(22(26)29)8-19(13)12-1-2-12;1-2(3)4;1-4(2)3/h3-6,8,12,16-17H,1-2,7,9-11H2,(H2,26,29);1H3,(H,3,4);1H3,(H,2,3)/p-1/t16-,17-;;/m0../s1. The molecule has 1 amide bonds. The molecular weight excluding hydrogens is 608 g/mol. The van der Waals surface area contributed by atoms with Gasteiger partial charge in [-0.25, -0.2) is 12.8 Å². The number of aliphatic carboxylic acids is 1. The predicted molar refractivity (Wildman–Crippen MR) is 148 cm³/mol. The van der Waals surface area contributed by atoms with Gasteiger partial charge in [0.05, 0.1) is 10.5 Å². The van der Waals surface area contributed by atoms with Gasteiger partial charge in [0.15, 0.2) is 0 Å². The summed E-state index contributed by atoms with van der Waals surface area (Å²) in [5.41, 5.74) is 7.07. The van der Waals surface area contributed by atoms with E-state index in [9.17, 15) is 17.6 Å². The van der Waals surface area contributed by atoms with Crippen LogP contribution in [0.15, 0.2) is 35.2 Å². The second-order valence-electron chi connectivity index (χ2n) is 9.74. The molecule has 2 aromatic rings. The number of likely N-dealkylation sites (tertiary alicyclic amines) is 1. The molecule has 15 heteroatoms. The van der Waals surface area contributed by atoms with Crippen LogP contribution in [0.5, 0.6) is 0 Å². The van der Waals surface area contributed by atoms with Crippen LogP contribution in [0.25, 0.3) is 0 Å². The maximum absolute atomic E-state index is 14.5. The van der Waals surface area contributed by atoms with Crippen molar-refractivity contribution in [2.45, 2.75) is 55.6 Å². The summed E-state index contributed by atoms with van der Waals surface area (Å²) in [6, 6.07) is 7.22. The Labute approximate surface area is 244 Å². The first-order valence-corrected chi connectivity index (χ1v) is 15.8. The molecule has 1 saturated carbocycles. The van der Waals surface area contributed by atoms with Crippen LogP contribution in [0.2, 0.25) is 10.0 Å². The minimum atomic E-state index is -3.72. The number of primary amides is 1. The molecule has 2 heterocycles. The van der Waals surface area contributed by atoms with Crippen molar-refractivity contribution >= 4 is 56.2 Å². The smallest absolute Gasteiger partial charge is 0.300 e. The van der Waals surface area contributed by atoms with Crippen LogP contribution < -0.4 is 5.73 Å². The number of halogens is 3. The number of benzene rings is 2. The zero-order chi connectivity index (χ0) is 29.9. The molecule has 2 bridgehead atoms. The third-order valence-electron chi connectivity index (χ3n) is 6.63. The van der Waals surface area contributed by atoms with E-state index in [0.717, 1.165) is 37.1 Å². The van der Waals surface area contributed by atoms with Crippen LogP contribution in [-0.2, 0) is 32.4 Å². The van der Waals surface area contributed by atoms with Gasteiger partial charge in [0.2, 0.25) is 10.0 Å². The molecule has 1 unspecified atom stereocenters. The van der Waals surface area contributed by atoms with Gasteiger partial charge >= 0.3 is 0 Å². The lowest BCUT2D eigenvalue weighted by Crippen LogP contribution is -2.48. The first kappa shape index (κ1) is 32.4. The number of nitrogens with zero attached hydrogens (tertiary/aromatic N) is 2. The number of fused-ring (bicyclic) bond motifs is 2. The number of piperazine rings is 1. The van der Waals surface area contributed by atoms with E-state index in [-0.39, 0.29) is 32.6 Å². The summed E-state index contributed by atoms with van der Waals surface area (Å²) in [6.07, 6.45) is 3.82. The van der Waals surface area contributed by atoms with Crippen molar-refractivity contribution < 1.29 is 36.3 Å². The number of carboxylic acid groups (broad SMARTS) is 1. The van der Waals surface area contributed by atoms with E-state index in [4.69, 9.17) is 47.6 Å². The Bertz CT molecular complexity index is 1380. The van der Waals surface area contributed by atoms with Crippen molar-refractivity contribution in [3.05, 3.63) is 62.9 Å². The third-order valence-corrected chi connectivity index (χ3v) is 8.96. The van der Waals surface area contributed by atoms with Crippen LogP contribution in [0.4, 0.5) is 4.39 Å². The first-order chi connectivity index (χ1) is 18.6. The van der Waals surface area contributed by atoms with Crippen LogP contribution in [0.1, 0.15) is 53.6 Å². The summed E-state index contributed by atoms with van der Waals surface area (Å²) in [5.74, 6) is -1.88. The topological polar surface area (TPSA) is 161 Å². The van der Waals surface area contributed by atoms with Gasteiger partial charge in [0, 0.05) is 48.7 Å². The summed E-state index contributed by atoms with van der Waals surface area (Å²) in [7, 11) is -3.72. The van der Waals surface area contributed by atoms with Crippen LogP contribution >= 0.6 is 23.2 Å². The highest BCUT2D eigenvalue weighted by molar-refractivity contribution is 7.89. The molecule has 2 saturated heterocycles. The Morgan fingerprint density at radius 2 is 1.68 bits per heavy atom. The summed E-state index contributed by atoms with van der Waals surface area (Å²) in [4.78, 5) is 22.9. The molecule has 3 atom stereocenters. The lowest BCUT2D eigenvalue weighted by Gasteiger charge is -2.34. The number of carboxylic acids is 1. The van der Waals surface area contributed by atoms with E-state index in [1.54, 1.807) is 6.07 Å². The van der Waals surface area contributed by atoms with Crippen molar-refractivity contribution in [2.24, 2.45) is 5.73 Å². The number of nitrogens with two attached hydrogens (primary N) is 1. The highest BCUT2D eigenvalue weighted by Crippen LogP contribution is 2.44. The summed E-state index contributed by atoms with van der Waals surface area (Å²) < 4.78 is 60.4. The molecule has 10 nitrogen and oxygen atoms in total. The van der Waals surface area contributed by atoms with E-state index >= 15 is 0 Å². The lowest BCUT2D eigenvalue weighted by molar-refractivity contribution is -0.134. The molecule has 0 radical (unpaired) electrons. The fraction of sp³-hybridized carbons (Fsp3) is 0.440. The zero-order valence-corrected chi connectivity index (χ0v) is 24.8. The van der Waals surface area contributed by atoms with Crippen LogP contribution in [0, 0.1) is 5.82 Å². The minimum Gasteiger partial charge on any atom is -0.773 e. The van der Waals surface area contributed by atoms with E-state index in [1.807, 2.05) is 0 Å². The summed E-state index contributed by atoms with van der Waals surface area (Å²) >= 11 is 10.2.